The van der Waals surface area contributed by atoms with Gasteiger partial charge in [0.05, 0.1) is 12.1 Å². The molecule has 1 saturated heterocycles. The van der Waals surface area contributed by atoms with Crippen LogP contribution in [0.25, 0.3) is 0 Å². The number of likely N-dealkylation sites (tertiary alicyclic amines) is 1. The number of hydrogen-bond donors (Lipinski definition) is 6. The summed E-state index contributed by atoms with van der Waals surface area (Å²) in [6, 6.07) is -3.09. The van der Waals surface area contributed by atoms with Crippen LogP contribution in [-0.4, -0.2) is 76.2 Å². The van der Waals surface area contributed by atoms with Crippen molar-refractivity contribution < 1.29 is 24.3 Å². The summed E-state index contributed by atoms with van der Waals surface area (Å²) in [6.07, 6.45) is 6.48. The molecule has 1 heterocycles. The maximum absolute atomic E-state index is 13.0. The number of carbonyl (C=O) groups excluding carboxylic acids is 4. The van der Waals surface area contributed by atoms with Gasteiger partial charge in [-0.05, 0) is 57.9 Å². The minimum atomic E-state index is -1.28. The number of amides is 3. The number of nitrogens with two attached hydrogens (primary N) is 2. The van der Waals surface area contributed by atoms with Gasteiger partial charge in [0.1, 0.15) is 12.1 Å². The van der Waals surface area contributed by atoms with E-state index in [0.29, 0.717) is 44.7 Å². The lowest BCUT2D eigenvalue weighted by Crippen LogP contribution is -2.58. The summed E-state index contributed by atoms with van der Waals surface area (Å²) >= 11 is 3.80. The third-order valence-corrected chi connectivity index (χ3v) is 7.23. The number of thiol groups is 1. The van der Waals surface area contributed by atoms with E-state index in [0.717, 1.165) is 25.7 Å². The van der Waals surface area contributed by atoms with Gasteiger partial charge in [0.2, 0.25) is 22.8 Å². The predicted molar refractivity (Wildman–Crippen MR) is 132 cm³/mol. The number of hydrogen-bond acceptors (Lipinski definition) is 7. The lowest BCUT2D eigenvalue weighted by molar-refractivity contribution is -0.140. The highest BCUT2D eigenvalue weighted by molar-refractivity contribution is 7.96. The molecule has 3 amide bonds. The van der Waals surface area contributed by atoms with E-state index in [4.69, 9.17) is 11.5 Å². The van der Waals surface area contributed by atoms with Gasteiger partial charge in [-0.1, -0.05) is 19.3 Å². The second-order valence-corrected chi connectivity index (χ2v) is 10.0. The molecule has 194 valence electrons. The Hall–Kier alpha value is -1.69. The second-order valence-electron chi connectivity index (χ2n) is 9.57. The van der Waals surface area contributed by atoms with Crippen molar-refractivity contribution in [2.24, 2.45) is 17.4 Å². The summed E-state index contributed by atoms with van der Waals surface area (Å²) in [5.41, 5.74) is 11.8. The summed E-state index contributed by atoms with van der Waals surface area (Å²) in [7, 11) is 0. The van der Waals surface area contributed by atoms with Crippen LogP contribution in [0.15, 0.2) is 0 Å². The zero-order valence-corrected chi connectivity index (χ0v) is 21.0. The van der Waals surface area contributed by atoms with Gasteiger partial charge in [-0.15, -0.1) is 12.6 Å². The summed E-state index contributed by atoms with van der Waals surface area (Å²) < 4.78 is 0. The van der Waals surface area contributed by atoms with Crippen LogP contribution < -0.4 is 22.1 Å². The van der Waals surface area contributed by atoms with Crippen LogP contribution in [0.4, 0.5) is 0 Å². The first-order chi connectivity index (χ1) is 16.1. The lowest BCUT2D eigenvalue weighted by atomic mass is 9.83. The maximum Gasteiger partial charge on any atom is 0.245 e. The van der Waals surface area contributed by atoms with Gasteiger partial charge >= 0.3 is 0 Å². The zero-order valence-electron chi connectivity index (χ0n) is 20.1. The number of aliphatic hydroxyl groups is 1. The van der Waals surface area contributed by atoms with E-state index in [1.54, 1.807) is 0 Å². The van der Waals surface area contributed by atoms with Gasteiger partial charge < -0.3 is 32.1 Å². The van der Waals surface area contributed by atoms with Crippen LogP contribution in [0, 0.1) is 5.92 Å². The Morgan fingerprint density at radius 3 is 2.35 bits per heavy atom. The Morgan fingerprint density at radius 2 is 1.76 bits per heavy atom. The highest BCUT2D eigenvalue weighted by Crippen LogP contribution is 2.28. The molecule has 34 heavy (non-hydrogen) atoms. The third kappa shape index (κ3) is 8.21. The molecule has 1 saturated carbocycles. The van der Waals surface area contributed by atoms with E-state index in [-0.39, 0.29) is 18.4 Å². The van der Waals surface area contributed by atoms with Crippen molar-refractivity contribution in [3.05, 3.63) is 0 Å². The van der Waals surface area contributed by atoms with E-state index in [1.807, 2.05) is 0 Å². The van der Waals surface area contributed by atoms with E-state index < -0.39 is 41.2 Å². The molecule has 7 N–H and O–H groups in total. The van der Waals surface area contributed by atoms with Crippen molar-refractivity contribution in [1.82, 2.24) is 15.5 Å². The monoisotopic (exact) mass is 499 g/mol. The van der Waals surface area contributed by atoms with Crippen LogP contribution >= 0.6 is 12.6 Å². The lowest BCUT2D eigenvalue weighted by Gasteiger charge is -2.31. The fraction of sp³-hybridized carbons (Fsp3) is 0.826. The van der Waals surface area contributed by atoms with Gasteiger partial charge in [-0.2, -0.15) is 0 Å². The average molecular weight is 500 g/mol. The quantitative estimate of drug-likeness (QED) is 0.202. The second kappa shape index (κ2) is 14.0. The first-order valence-electron chi connectivity index (χ1n) is 12.4. The van der Waals surface area contributed by atoms with E-state index in [2.05, 4.69) is 23.3 Å². The number of carbonyl (C=O) groups is 4. The van der Waals surface area contributed by atoms with Crippen LogP contribution in [-0.2, 0) is 19.2 Å². The molecule has 11 heteroatoms. The van der Waals surface area contributed by atoms with E-state index >= 15 is 0 Å². The smallest absolute Gasteiger partial charge is 0.245 e. The summed E-state index contributed by atoms with van der Waals surface area (Å²) in [4.78, 5) is 52.0. The molecule has 2 unspecified atom stereocenters. The fourth-order valence-electron chi connectivity index (χ4n) is 4.88. The van der Waals surface area contributed by atoms with Crippen molar-refractivity contribution in [2.45, 2.75) is 101 Å². The SMILES string of the molecule is CC(O)[C@H](NC(=O)[C@@H]1CCCN1C(=O)CC(N)C1CCCCC1)C(=O)N[C@@H](CCCN)C(=O)S. The van der Waals surface area contributed by atoms with Crippen LogP contribution in [0.5, 0.6) is 0 Å². The van der Waals surface area contributed by atoms with Gasteiger partial charge in [0.25, 0.3) is 0 Å². The van der Waals surface area contributed by atoms with Gasteiger partial charge in [0, 0.05) is 19.0 Å². The Balaban J connectivity index is 1.98. The maximum atomic E-state index is 13.0. The van der Waals surface area contributed by atoms with Gasteiger partial charge in [-0.3, -0.25) is 19.2 Å². The molecule has 10 nitrogen and oxygen atoms in total. The van der Waals surface area contributed by atoms with Gasteiger partial charge in [0.15, 0.2) is 0 Å². The Morgan fingerprint density at radius 1 is 1.09 bits per heavy atom. The minimum absolute atomic E-state index is 0.156. The highest BCUT2D eigenvalue weighted by Gasteiger charge is 2.38. The average Bonchev–Trinajstić information content (AvgIpc) is 3.30. The number of aliphatic hydroxyl groups excluding tert-OH is 1. The molecule has 0 aromatic rings. The van der Waals surface area contributed by atoms with Crippen molar-refractivity contribution in [2.75, 3.05) is 13.1 Å². The molecule has 5 atom stereocenters. The largest absolute Gasteiger partial charge is 0.391 e. The number of nitrogens with one attached hydrogen (secondary N) is 2. The topological polar surface area (TPSA) is 168 Å². The molecule has 0 aromatic heterocycles. The molecule has 0 bridgehead atoms. The first kappa shape index (κ1) is 28.5. The minimum Gasteiger partial charge on any atom is -0.391 e. The molecule has 2 fully saturated rings. The Labute approximate surface area is 207 Å². The summed E-state index contributed by atoms with van der Waals surface area (Å²) in [5.74, 6) is -1.02. The molecule has 0 spiro atoms. The van der Waals surface area contributed by atoms with Crippen LogP contribution in [0.1, 0.15) is 71.1 Å². The number of nitrogens with zero attached hydrogens (tertiary/aromatic N) is 1. The first-order valence-corrected chi connectivity index (χ1v) is 12.9. The van der Waals surface area contributed by atoms with Crippen molar-refractivity contribution in [3.8, 4) is 0 Å². The third-order valence-electron chi connectivity index (χ3n) is 6.92. The van der Waals surface area contributed by atoms with E-state index in [9.17, 15) is 24.3 Å². The highest BCUT2D eigenvalue weighted by atomic mass is 32.1. The fourth-order valence-corrected chi connectivity index (χ4v) is 5.07. The van der Waals surface area contributed by atoms with Crippen LogP contribution in [0.3, 0.4) is 0 Å². The normalized spacial score (nSPS) is 22.5. The number of rotatable bonds is 12. The summed E-state index contributed by atoms with van der Waals surface area (Å²) in [6.45, 7) is 2.18. The zero-order chi connectivity index (χ0) is 25.3. The van der Waals surface area contributed by atoms with Crippen molar-refractivity contribution in [1.29, 1.82) is 0 Å². The molecule has 1 aliphatic heterocycles. The summed E-state index contributed by atoms with van der Waals surface area (Å²) in [5, 5.41) is 14.7. The Bertz CT molecular complexity index is 716. The molecular weight excluding hydrogens is 458 g/mol. The molecule has 0 radical (unpaired) electrons. The van der Waals surface area contributed by atoms with Crippen molar-refractivity contribution >= 4 is 35.5 Å². The standard InChI is InChI=1S/C23H41N5O5S/c1-14(29)20(22(32)26-17(23(33)34)9-5-11-24)27-21(31)18-10-6-12-28(18)19(30)13-16(25)15-7-3-2-4-8-15/h14-18,20,29H,2-13,24-25H2,1H3,(H,26,32)(H,27,31)(H,33,34)/t14?,16?,17-,18-,20-/m0/s1. The molecule has 2 aliphatic rings. The predicted octanol–water partition coefficient (Wildman–Crippen LogP) is -0.179. The van der Waals surface area contributed by atoms with E-state index in [1.165, 1.54) is 18.2 Å². The molecule has 2 rings (SSSR count). The Kier molecular flexibility index (Phi) is 11.8. The van der Waals surface area contributed by atoms with Gasteiger partial charge in [-0.25, -0.2) is 0 Å². The van der Waals surface area contributed by atoms with Crippen molar-refractivity contribution in [3.63, 3.8) is 0 Å². The molecular formula is C23H41N5O5S. The van der Waals surface area contributed by atoms with Crippen LogP contribution in [0.2, 0.25) is 0 Å². The molecule has 0 aromatic carbocycles. The molecule has 1 aliphatic carbocycles.